The van der Waals surface area contributed by atoms with Crippen molar-refractivity contribution >= 4 is 5.91 Å². The molecule has 0 aliphatic heterocycles. The lowest BCUT2D eigenvalue weighted by atomic mass is 10.0. The third-order valence-corrected chi connectivity index (χ3v) is 3.11. The van der Waals surface area contributed by atoms with E-state index in [0.29, 0.717) is 5.56 Å². The Balaban J connectivity index is 0.00000211. The average Bonchev–Trinajstić information content (AvgIpc) is 2.42. The predicted molar refractivity (Wildman–Crippen MR) is 79.3 cm³/mol. The molecule has 0 saturated carbocycles. The molecule has 1 aromatic rings. The van der Waals surface area contributed by atoms with Gasteiger partial charge in [-0.1, -0.05) is 19.9 Å². The molecule has 0 bridgehead atoms. The lowest BCUT2D eigenvalue weighted by molar-refractivity contribution is -0.175. The van der Waals surface area contributed by atoms with Gasteiger partial charge >= 0.3 is 6.18 Å². The van der Waals surface area contributed by atoms with Crippen molar-refractivity contribution in [3.05, 3.63) is 35.1 Å². The number of carbonyl (C=O) groups is 1. The number of hydrogen-bond donors (Lipinski definition) is 0. The normalized spacial score (nSPS) is 12.5. The molecule has 0 N–H and O–H groups in total. The number of amides is 1. The second-order valence-corrected chi connectivity index (χ2v) is 4.98. The molecule has 22 heavy (non-hydrogen) atoms. The zero-order chi connectivity index (χ0) is 17.7. The first kappa shape index (κ1) is 20.4. The number of hydrogen-bond acceptors (Lipinski definition) is 1. The molecule has 0 aromatic heterocycles. The van der Waals surface area contributed by atoms with Gasteiger partial charge in [0.15, 0.2) is 0 Å². The van der Waals surface area contributed by atoms with Crippen LogP contribution in [0.15, 0.2) is 18.2 Å². The largest absolute Gasteiger partial charge is 0.408 e. The van der Waals surface area contributed by atoms with E-state index in [-0.39, 0.29) is 5.56 Å². The van der Waals surface area contributed by atoms with Gasteiger partial charge in [-0.25, -0.2) is 4.39 Å². The summed E-state index contributed by atoms with van der Waals surface area (Å²) in [5.74, 6) is -1.47. The van der Waals surface area contributed by atoms with Crippen molar-refractivity contribution in [1.82, 2.24) is 4.90 Å². The molecule has 1 aromatic carbocycles. The molecule has 0 aliphatic rings. The third kappa shape index (κ3) is 5.00. The molecule has 0 heterocycles. The summed E-state index contributed by atoms with van der Waals surface area (Å²) in [5, 5.41) is 0. The van der Waals surface area contributed by atoms with Crippen molar-refractivity contribution in [3.8, 4) is 0 Å². The minimum Gasteiger partial charge on any atom is -0.324 e. The van der Waals surface area contributed by atoms with Crippen LogP contribution in [-0.2, 0) is 0 Å². The predicted octanol–water partition coefficient (Wildman–Crippen LogP) is 4.96. The molecular weight excluding hydrogens is 298 g/mol. The van der Waals surface area contributed by atoms with Gasteiger partial charge in [0.25, 0.3) is 5.91 Å². The van der Waals surface area contributed by atoms with Crippen LogP contribution in [0.4, 0.5) is 17.6 Å². The fourth-order valence-corrected chi connectivity index (χ4v) is 1.98. The van der Waals surface area contributed by atoms with Crippen LogP contribution in [0.1, 0.15) is 50.5 Å². The molecule has 6 heteroatoms. The van der Waals surface area contributed by atoms with E-state index in [4.69, 9.17) is 0 Å². The van der Waals surface area contributed by atoms with E-state index in [1.54, 1.807) is 6.92 Å². The van der Waals surface area contributed by atoms with Crippen LogP contribution in [0, 0.1) is 12.7 Å². The summed E-state index contributed by atoms with van der Waals surface area (Å²) in [6, 6.07) is 0.925. The van der Waals surface area contributed by atoms with Crippen LogP contribution >= 0.6 is 0 Å². The molecule has 0 aliphatic carbocycles. The molecule has 0 saturated heterocycles. The number of alkyl halides is 3. The SMILES string of the molecule is CC.Cc1ccc(F)cc1C(=O)N(C(C)C)C(C)C(F)(F)F. The highest BCUT2D eigenvalue weighted by molar-refractivity contribution is 5.96. The van der Waals surface area contributed by atoms with Gasteiger partial charge in [0, 0.05) is 11.6 Å². The van der Waals surface area contributed by atoms with Crippen LogP contribution < -0.4 is 0 Å². The van der Waals surface area contributed by atoms with Crippen LogP contribution in [-0.4, -0.2) is 29.1 Å². The summed E-state index contributed by atoms with van der Waals surface area (Å²) in [4.78, 5) is 13.0. The van der Waals surface area contributed by atoms with Crippen LogP contribution in [0.3, 0.4) is 0 Å². The Morgan fingerprint density at radius 1 is 1.14 bits per heavy atom. The quantitative estimate of drug-likeness (QED) is 0.720. The van der Waals surface area contributed by atoms with E-state index in [0.717, 1.165) is 17.9 Å². The maximum absolute atomic E-state index is 13.2. The van der Waals surface area contributed by atoms with Gasteiger partial charge < -0.3 is 4.90 Å². The van der Waals surface area contributed by atoms with Crippen molar-refractivity contribution in [2.45, 2.75) is 59.8 Å². The average molecular weight is 321 g/mol. The maximum Gasteiger partial charge on any atom is 0.408 e. The maximum atomic E-state index is 13.2. The molecule has 1 amide bonds. The first-order chi connectivity index (χ1) is 10.1. The fourth-order valence-electron chi connectivity index (χ4n) is 1.98. The van der Waals surface area contributed by atoms with E-state index in [1.165, 1.54) is 26.0 Å². The van der Waals surface area contributed by atoms with Crippen molar-refractivity contribution < 1.29 is 22.4 Å². The smallest absolute Gasteiger partial charge is 0.324 e. The van der Waals surface area contributed by atoms with Gasteiger partial charge in [0.05, 0.1) is 0 Å². The standard InChI is InChI=1S/C14H17F4NO.C2H6/c1-8(2)19(10(4)14(16,17)18)13(20)12-7-11(15)6-5-9(12)3;1-2/h5-8,10H,1-4H3;1-2H3. The molecular formula is C16H23F4NO. The van der Waals surface area contributed by atoms with Crippen LogP contribution in [0.5, 0.6) is 0 Å². The Labute approximate surface area is 129 Å². The topological polar surface area (TPSA) is 20.3 Å². The van der Waals surface area contributed by atoms with Crippen molar-refractivity contribution in [3.63, 3.8) is 0 Å². The minimum atomic E-state index is -4.53. The number of benzene rings is 1. The molecule has 1 rings (SSSR count). The van der Waals surface area contributed by atoms with Crippen molar-refractivity contribution in [2.24, 2.45) is 0 Å². The molecule has 0 radical (unpaired) electrons. The van der Waals surface area contributed by atoms with Gasteiger partial charge in [-0.3, -0.25) is 4.79 Å². The van der Waals surface area contributed by atoms with Gasteiger partial charge in [0.2, 0.25) is 0 Å². The van der Waals surface area contributed by atoms with Gasteiger partial charge in [0.1, 0.15) is 11.9 Å². The number of aryl methyl sites for hydroxylation is 1. The monoisotopic (exact) mass is 321 g/mol. The second-order valence-electron chi connectivity index (χ2n) is 4.98. The Morgan fingerprint density at radius 3 is 2.05 bits per heavy atom. The van der Waals surface area contributed by atoms with Crippen LogP contribution in [0.2, 0.25) is 0 Å². The third-order valence-electron chi connectivity index (χ3n) is 3.11. The fraction of sp³-hybridized carbons (Fsp3) is 0.562. The summed E-state index contributed by atoms with van der Waals surface area (Å²) in [6.45, 7) is 9.47. The van der Waals surface area contributed by atoms with Crippen molar-refractivity contribution in [1.29, 1.82) is 0 Å². The minimum absolute atomic E-state index is 0.0465. The van der Waals surface area contributed by atoms with E-state index in [1.807, 2.05) is 13.8 Å². The van der Waals surface area contributed by atoms with E-state index < -0.39 is 30.0 Å². The lowest BCUT2D eigenvalue weighted by Crippen LogP contribution is -2.50. The molecule has 2 nitrogen and oxygen atoms in total. The van der Waals surface area contributed by atoms with Gasteiger partial charge in [-0.2, -0.15) is 13.2 Å². The Kier molecular flexibility index (Phi) is 7.56. The van der Waals surface area contributed by atoms with Crippen molar-refractivity contribution in [2.75, 3.05) is 0 Å². The highest BCUT2D eigenvalue weighted by Gasteiger charge is 2.43. The highest BCUT2D eigenvalue weighted by Crippen LogP contribution is 2.28. The second kappa shape index (κ2) is 8.15. The summed E-state index contributed by atoms with van der Waals surface area (Å²) in [5.41, 5.74) is 0.395. The van der Waals surface area contributed by atoms with Gasteiger partial charge in [-0.15, -0.1) is 0 Å². The number of rotatable bonds is 3. The van der Waals surface area contributed by atoms with E-state index in [2.05, 4.69) is 0 Å². The molecule has 1 unspecified atom stereocenters. The van der Waals surface area contributed by atoms with E-state index >= 15 is 0 Å². The molecule has 1 atom stereocenters. The Bertz CT molecular complexity index is 497. The summed E-state index contributed by atoms with van der Waals surface area (Å²) in [6.07, 6.45) is -4.53. The number of nitrogens with zero attached hydrogens (tertiary/aromatic N) is 1. The first-order valence-corrected chi connectivity index (χ1v) is 7.21. The summed E-state index contributed by atoms with van der Waals surface area (Å²) in [7, 11) is 0. The molecule has 0 fully saturated rings. The molecule has 0 spiro atoms. The van der Waals surface area contributed by atoms with Crippen LogP contribution in [0.25, 0.3) is 0 Å². The number of carbonyl (C=O) groups excluding carboxylic acids is 1. The first-order valence-electron chi connectivity index (χ1n) is 7.21. The highest BCUT2D eigenvalue weighted by atomic mass is 19.4. The summed E-state index contributed by atoms with van der Waals surface area (Å²) < 4.78 is 51.8. The molecule has 126 valence electrons. The summed E-state index contributed by atoms with van der Waals surface area (Å²) >= 11 is 0. The Hall–Kier alpha value is -1.59. The van der Waals surface area contributed by atoms with Gasteiger partial charge in [-0.05, 0) is 45.4 Å². The zero-order valence-corrected chi connectivity index (χ0v) is 13.8. The van der Waals surface area contributed by atoms with E-state index in [9.17, 15) is 22.4 Å². The zero-order valence-electron chi connectivity index (χ0n) is 13.8. The number of halogens is 4. The lowest BCUT2D eigenvalue weighted by Gasteiger charge is -2.34. The Morgan fingerprint density at radius 2 is 1.64 bits per heavy atom.